The zero-order valence-electron chi connectivity index (χ0n) is 60.0. The number of phosphoric acid groups is 2. The molecular weight excluding hydrogens is 1190 g/mol. The minimum atomic E-state index is -5.24. The van der Waals surface area contributed by atoms with Crippen LogP contribution in [0.5, 0.6) is 0 Å². The van der Waals surface area contributed by atoms with Crippen molar-refractivity contribution in [3.8, 4) is 0 Å². The number of phosphoric ester groups is 2. The summed E-state index contributed by atoms with van der Waals surface area (Å²) in [6.45, 7) is 7.08. The van der Waals surface area contributed by atoms with Gasteiger partial charge in [0, 0.05) is 48.0 Å². The number of carbonyl (C=O) groups excluding carboxylic acids is 4. The van der Waals surface area contributed by atoms with Gasteiger partial charge in [-0.05, 0) is 25.7 Å². The smallest absolute Gasteiger partial charge is 0.306 e. The Morgan fingerprint density at radius 3 is 0.648 bits per heavy atom. The summed E-state index contributed by atoms with van der Waals surface area (Å²) in [5.41, 5.74) is 0. The van der Waals surface area contributed by atoms with E-state index in [0.717, 1.165) is 70.6 Å². The highest BCUT2D eigenvalue weighted by atomic mass is 31.2. The molecule has 0 aromatic heterocycles. The summed E-state index contributed by atoms with van der Waals surface area (Å²) in [6.07, 6.45) is 61.5. The van der Waals surface area contributed by atoms with Gasteiger partial charge in [-0.2, -0.15) is 0 Å². The second-order valence-electron chi connectivity index (χ2n) is 25.1. The number of carbonyl (C=O) groups is 4. The summed E-state index contributed by atoms with van der Waals surface area (Å²) in [7, 11) is -10.2. The average molecular weight is 1340 g/mol. The highest BCUT2D eigenvalue weighted by Gasteiger charge is 2.21. The van der Waals surface area contributed by atoms with Crippen LogP contribution < -0.4 is 14.7 Å². The number of rotatable bonds is 68. The van der Waals surface area contributed by atoms with Gasteiger partial charge in [-0.3, -0.25) is 23.7 Å². The highest BCUT2D eigenvalue weighted by molar-refractivity contribution is 7.44. The highest BCUT2D eigenvalue weighted by Crippen LogP contribution is 2.31. The molecular formula is C73H144O16P2. The number of esters is 4. The van der Waals surface area contributed by atoms with Gasteiger partial charge in [0.05, 0.1) is 21.0 Å². The van der Waals surface area contributed by atoms with E-state index in [1.807, 2.05) is 0 Å². The molecule has 16 nitrogen and oxygen atoms in total. The van der Waals surface area contributed by atoms with Crippen LogP contribution in [0.1, 0.15) is 387 Å². The Labute approximate surface area is 561 Å². The normalized spacial score (nSPS) is 12.5. The van der Waals surface area contributed by atoms with E-state index >= 15 is 0 Å². The van der Waals surface area contributed by atoms with Crippen molar-refractivity contribution in [3.05, 3.63) is 22.3 Å². The first kappa shape index (κ1) is 97.4. The summed E-state index contributed by atoms with van der Waals surface area (Å²) in [5, 5.41) is 0. The minimum absolute atomic E-state index is 0. The van der Waals surface area contributed by atoms with Crippen LogP contribution in [-0.4, -0.2) is 67.4 Å². The fourth-order valence-corrected chi connectivity index (χ4v) is 11.4. The lowest BCUT2D eigenvalue weighted by molar-refractivity contribution is -0.343. The molecule has 0 aromatic rings. The van der Waals surface area contributed by atoms with Gasteiger partial charge in [0.25, 0.3) is 7.82 Å². The van der Waals surface area contributed by atoms with Gasteiger partial charge in [0.2, 0.25) is 0 Å². The van der Waals surface area contributed by atoms with E-state index in [1.165, 1.54) is 244 Å². The van der Waals surface area contributed by atoms with E-state index in [-0.39, 0.29) is 61.2 Å². The Balaban J connectivity index is -0.000000525. The lowest BCUT2D eigenvalue weighted by Gasteiger charge is -2.30. The Bertz CT molecular complexity index is 1510. The Kier molecular flexibility index (Phi) is 80.4. The molecule has 1 unspecified atom stereocenters. The summed E-state index contributed by atoms with van der Waals surface area (Å²) in [4.78, 5) is 90.7. The third-order valence-corrected chi connectivity index (χ3v) is 17.2. The molecule has 1 N–H and O–H groups in total. The van der Waals surface area contributed by atoms with Gasteiger partial charge in [-0.15, -0.1) is 0 Å². The van der Waals surface area contributed by atoms with E-state index in [2.05, 4.69) is 36.7 Å². The monoisotopic (exact) mass is 1340 g/mol. The van der Waals surface area contributed by atoms with Crippen LogP contribution in [0.4, 0.5) is 0 Å². The van der Waals surface area contributed by atoms with E-state index in [9.17, 15) is 43.0 Å². The van der Waals surface area contributed by atoms with Gasteiger partial charge < -0.3 is 52.1 Å². The maximum atomic E-state index is 12.3. The summed E-state index contributed by atoms with van der Waals surface area (Å²) in [5.74, 6) is -1.85. The lowest BCUT2D eigenvalue weighted by atomic mass is 10.0. The third kappa shape index (κ3) is 83.8. The van der Waals surface area contributed by atoms with Crippen molar-refractivity contribution in [1.82, 2.24) is 0 Å². The molecule has 0 aliphatic heterocycles. The molecule has 0 heterocycles. The molecule has 0 amide bonds. The fourth-order valence-electron chi connectivity index (χ4n) is 10.7. The maximum Gasteiger partial charge on any atom is 0.306 e. The van der Waals surface area contributed by atoms with Crippen LogP contribution in [0.25, 0.3) is 0 Å². The SMILES string of the molecule is CCCCCCCCCCCCCCCC(=O)OC[C@H](COP(=O)([O-])O)OC(=O)CCCCCCCCCCCCCCC.CCCCCCCCCCCCCCCC(=O)OC[C@H](COP(=O)([O-])[O-])OC(=O)CCCCCCCCCCCCCCC.[CH3+].[CH3+].[CH3+]. The quantitative estimate of drug-likeness (QED) is 0.0195. The number of hydrogen-bond acceptors (Lipinski definition) is 15. The number of hydrogen-bond donors (Lipinski definition) is 1. The fraction of sp³-hybridized carbons (Fsp3) is 0.904. The molecule has 91 heavy (non-hydrogen) atoms. The van der Waals surface area contributed by atoms with Crippen LogP contribution in [0.2, 0.25) is 0 Å². The Morgan fingerprint density at radius 2 is 0.462 bits per heavy atom. The maximum absolute atomic E-state index is 12.3. The molecule has 0 saturated carbocycles. The molecule has 0 aromatic carbocycles. The summed E-state index contributed by atoms with van der Waals surface area (Å²) in [6, 6.07) is 0. The van der Waals surface area contributed by atoms with Gasteiger partial charge in [0.1, 0.15) is 13.2 Å². The van der Waals surface area contributed by atoms with E-state index in [4.69, 9.17) is 23.8 Å². The zero-order valence-corrected chi connectivity index (χ0v) is 61.8. The van der Waals surface area contributed by atoms with Crippen LogP contribution in [-0.2, 0) is 56.3 Å². The predicted octanol–water partition coefficient (Wildman–Crippen LogP) is 20.5. The van der Waals surface area contributed by atoms with E-state index < -0.39 is 64.9 Å². The largest absolute Gasteiger partial charge is 0.790 e. The third-order valence-electron chi connectivity index (χ3n) is 16.2. The van der Waals surface area contributed by atoms with Crippen LogP contribution in [0, 0.1) is 22.3 Å². The van der Waals surface area contributed by atoms with Crippen LogP contribution in [0.15, 0.2) is 0 Å². The van der Waals surface area contributed by atoms with Gasteiger partial charge >= 0.3 is 23.9 Å². The van der Waals surface area contributed by atoms with Crippen LogP contribution in [0.3, 0.4) is 0 Å². The second-order valence-corrected chi connectivity index (χ2v) is 27.4. The van der Waals surface area contributed by atoms with Gasteiger partial charge in [0.15, 0.2) is 12.2 Å². The summed E-state index contributed by atoms with van der Waals surface area (Å²) < 4.78 is 51.7. The van der Waals surface area contributed by atoms with Crippen LogP contribution >= 0.6 is 15.6 Å². The van der Waals surface area contributed by atoms with Crippen molar-refractivity contribution in [3.63, 3.8) is 0 Å². The van der Waals surface area contributed by atoms with Crippen molar-refractivity contribution in [2.75, 3.05) is 26.4 Å². The van der Waals surface area contributed by atoms with E-state index in [1.54, 1.807) is 0 Å². The molecule has 0 aliphatic carbocycles. The van der Waals surface area contributed by atoms with Crippen molar-refractivity contribution in [2.24, 2.45) is 0 Å². The number of ether oxygens (including phenoxy) is 4. The molecule has 18 heteroatoms. The van der Waals surface area contributed by atoms with Gasteiger partial charge in [-0.25, -0.2) is 0 Å². The molecule has 542 valence electrons. The molecule has 0 radical (unpaired) electrons. The molecule has 0 aliphatic rings. The van der Waals surface area contributed by atoms with Crippen molar-refractivity contribution in [1.29, 1.82) is 0 Å². The zero-order chi connectivity index (χ0) is 65.1. The molecule has 3 atom stereocenters. The molecule has 0 spiro atoms. The standard InChI is InChI=1S/2C35H69O8P.3CH3/c2*1-3-5-7-9-11-13-15-17-19-21-23-25-27-29-34(36)41-31-33(32-42-44(38,39)40)43-35(37)30-28-26-24-22-20-18-16-14-12-10-8-6-4-2;;;/h2*33H,3-32H2,1-2H3,(H2,38,39,40);3*1H3/q;;3*+1/p-3/t2*33-;;;/m11.../s1. The average Bonchev–Trinajstić information content (AvgIpc) is 3.71. The Morgan fingerprint density at radius 1 is 0.286 bits per heavy atom. The minimum Gasteiger partial charge on any atom is -0.790 e. The van der Waals surface area contributed by atoms with Crippen molar-refractivity contribution >= 4 is 39.5 Å². The first-order chi connectivity index (χ1) is 42.6. The van der Waals surface area contributed by atoms with Crippen molar-refractivity contribution in [2.45, 2.75) is 399 Å². The topological polar surface area (TPSA) is 247 Å². The molecule has 0 rings (SSSR count). The first-order valence-electron chi connectivity index (χ1n) is 36.6. The van der Waals surface area contributed by atoms with Gasteiger partial charge in [-0.1, -0.05) is 336 Å². The molecule has 0 fully saturated rings. The number of unbranched alkanes of at least 4 members (excludes halogenated alkanes) is 48. The first-order valence-corrected chi connectivity index (χ1v) is 39.6. The lowest BCUT2D eigenvalue weighted by Crippen LogP contribution is -2.31. The van der Waals surface area contributed by atoms with Crippen molar-refractivity contribution < 1.29 is 75.9 Å². The summed E-state index contributed by atoms with van der Waals surface area (Å²) >= 11 is 0. The second kappa shape index (κ2) is 75.1. The predicted molar refractivity (Wildman–Crippen MR) is 372 cm³/mol. The van der Waals surface area contributed by atoms with E-state index in [0.29, 0.717) is 19.3 Å². The Hall–Kier alpha value is -2.29. The molecule has 0 bridgehead atoms. The molecule has 0 saturated heterocycles.